The van der Waals surface area contributed by atoms with Gasteiger partial charge in [-0.3, -0.25) is 14.3 Å². The largest absolute Gasteiger partial charge is 0.356 e. The molecule has 2 aliphatic rings. The number of carbonyl (C=O) groups excluding carboxylic acids is 2. The smallest absolute Gasteiger partial charge is 0.244 e. The normalized spacial score (nSPS) is 17.9. The van der Waals surface area contributed by atoms with Gasteiger partial charge in [-0.2, -0.15) is 0 Å². The molecule has 9 nitrogen and oxygen atoms in total. The van der Waals surface area contributed by atoms with Gasteiger partial charge in [0.25, 0.3) is 0 Å². The van der Waals surface area contributed by atoms with Crippen molar-refractivity contribution in [3.05, 3.63) is 94.5 Å². The first-order valence-corrected chi connectivity index (χ1v) is 15.4. The van der Waals surface area contributed by atoms with Gasteiger partial charge in [0, 0.05) is 16.9 Å². The standard InChI is InChI=1S/C27H23F2N3O6S2/c1-2-11-40(37,38)31-19-8-9-21-24(13-19)39(35,36)15-22(30-21)25-26(33)20-12-18(29)7-10-23(20)32(27(25)34)14-16-3-5-17(28)6-4-16/h3-10,12-13,15,25,30-31H,2,11,14H2,1H3. The molecule has 1 atom stereocenters. The number of Topliss-reactive ketones (excluding diaryl/α,β-unsaturated/α-hetero) is 1. The van der Waals surface area contributed by atoms with Crippen molar-refractivity contribution in [1.82, 2.24) is 0 Å². The Morgan fingerprint density at radius 1 is 0.975 bits per heavy atom. The van der Waals surface area contributed by atoms with Crippen molar-refractivity contribution in [3.63, 3.8) is 0 Å². The molecule has 2 aliphatic heterocycles. The van der Waals surface area contributed by atoms with Gasteiger partial charge in [0.2, 0.25) is 25.8 Å². The second-order valence-electron chi connectivity index (χ2n) is 9.38. The van der Waals surface area contributed by atoms with Crippen LogP contribution in [0.25, 0.3) is 0 Å². The van der Waals surface area contributed by atoms with Crippen LogP contribution in [-0.2, 0) is 31.2 Å². The highest BCUT2D eigenvalue weighted by Gasteiger charge is 2.44. The number of anilines is 3. The molecule has 40 heavy (non-hydrogen) atoms. The van der Waals surface area contributed by atoms with Crippen LogP contribution < -0.4 is 14.9 Å². The lowest BCUT2D eigenvalue weighted by atomic mass is 9.87. The third-order valence-electron chi connectivity index (χ3n) is 6.45. The number of sulfonamides is 1. The fraction of sp³-hybridized carbons (Fsp3) is 0.185. The van der Waals surface area contributed by atoms with Crippen LogP contribution in [0, 0.1) is 17.6 Å². The van der Waals surface area contributed by atoms with Crippen molar-refractivity contribution < 1.29 is 35.2 Å². The number of rotatable bonds is 7. The molecule has 3 aromatic carbocycles. The molecule has 1 unspecified atom stereocenters. The minimum Gasteiger partial charge on any atom is -0.356 e. The highest BCUT2D eigenvalue weighted by molar-refractivity contribution is 7.94. The number of ketones is 1. The van der Waals surface area contributed by atoms with Crippen LogP contribution >= 0.6 is 0 Å². The summed E-state index contributed by atoms with van der Waals surface area (Å²) in [4.78, 5) is 28.2. The van der Waals surface area contributed by atoms with Gasteiger partial charge >= 0.3 is 0 Å². The van der Waals surface area contributed by atoms with Gasteiger partial charge in [-0.1, -0.05) is 19.1 Å². The number of benzene rings is 3. The summed E-state index contributed by atoms with van der Waals surface area (Å²) in [6.07, 6.45) is 0.362. The van der Waals surface area contributed by atoms with Crippen molar-refractivity contribution in [2.24, 2.45) is 5.92 Å². The molecule has 2 heterocycles. The van der Waals surface area contributed by atoms with Gasteiger partial charge < -0.3 is 10.2 Å². The Morgan fingerprint density at radius 3 is 2.38 bits per heavy atom. The van der Waals surface area contributed by atoms with Crippen LogP contribution in [0.2, 0.25) is 0 Å². The molecule has 1 amide bonds. The van der Waals surface area contributed by atoms with E-state index in [1.54, 1.807) is 6.92 Å². The topological polar surface area (TPSA) is 130 Å². The van der Waals surface area contributed by atoms with Crippen LogP contribution in [0.15, 0.2) is 76.7 Å². The molecule has 0 fully saturated rings. The van der Waals surface area contributed by atoms with E-state index in [1.165, 1.54) is 47.4 Å². The Hall–Kier alpha value is -4.10. The third kappa shape index (κ3) is 5.21. The Morgan fingerprint density at radius 2 is 1.68 bits per heavy atom. The Labute approximate surface area is 229 Å². The van der Waals surface area contributed by atoms with Gasteiger partial charge in [0.15, 0.2) is 5.78 Å². The molecule has 13 heteroatoms. The number of fused-ring (bicyclic) bond motifs is 2. The number of hydrogen-bond acceptors (Lipinski definition) is 7. The van der Waals surface area contributed by atoms with Crippen molar-refractivity contribution in [3.8, 4) is 0 Å². The van der Waals surface area contributed by atoms with Crippen molar-refractivity contribution in [1.29, 1.82) is 0 Å². The first-order chi connectivity index (χ1) is 18.9. The number of nitrogens with zero attached hydrogens (tertiary/aromatic N) is 1. The van der Waals surface area contributed by atoms with Crippen LogP contribution in [0.3, 0.4) is 0 Å². The molecule has 3 aromatic rings. The summed E-state index contributed by atoms with van der Waals surface area (Å²) in [7, 11) is -7.93. The zero-order valence-corrected chi connectivity index (χ0v) is 22.7. The second kappa shape index (κ2) is 10.1. The molecular formula is C27H23F2N3O6S2. The van der Waals surface area contributed by atoms with Crippen LogP contribution in [-0.4, -0.2) is 34.3 Å². The number of nitrogens with one attached hydrogen (secondary N) is 2. The summed E-state index contributed by atoms with van der Waals surface area (Å²) >= 11 is 0. The number of hydrogen-bond donors (Lipinski definition) is 2. The monoisotopic (exact) mass is 587 g/mol. The lowest BCUT2D eigenvalue weighted by Crippen LogP contribution is -2.46. The maximum atomic E-state index is 14.2. The fourth-order valence-electron chi connectivity index (χ4n) is 4.67. The van der Waals surface area contributed by atoms with Gasteiger partial charge in [-0.15, -0.1) is 0 Å². The maximum Gasteiger partial charge on any atom is 0.244 e. The van der Waals surface area contributed by atoms with Crippen molar-refractivity contribution in [2.45, 2.75) is 24.8 Å². The minimum absolute atomic E-state index is 0.0339. The molecule has 0 radical (unpaired) electrons. The third-order valence-corrected chi connectivity index (χ3v) is 9.46. The van der Waals surface area contributed by atoms with E-state index in [-0.39, 0.29) is 45.5 Å². The fourth-order valence-corrected chi connectivity index (χ4v) is 7.17. The summed E-state index contributed by atoms with van der Waals surface area (Å²) in [5, 5.41) is 3.58. The predicted molar refractivity (Wildman–Crippen MR) is 145 cm³/mol. The van der Waals surface area contributed by atoms with Crippen molar-refractivity contribution >= 4 is 48.6 Å². The summed E-state index contributed by atoms with van der Waals surface area (Å²) in [6, 6.07) is 12.5. The molecule has 0 aliphatic carbocycles. The van der Waals surface area contributed by atoms with E-state index in [2.05, 4.69) is 10.0 Å². The minimum atomic E-state index is -4.24. The summed E-state index contributed by atoms with van der Waals surface area (Å²) in [5.41, 5.74) is 0.389. The molecule has 2 N–H and O–H groups in total. The number of amides is 1. The quantitative estimate of drug-likeness (QED) is 0.396. The van der Waals surface area contributed by atoms with Crippen LogP contribution in [0.1, 0.15) is 29.3 Å². The Balaban J connectivity index is 1.53. The summed E-state index contributed by atoms with van der Waals surface area (Å²) in [6.45, 7) is 1.60. The number of halogens is 2. The van der Waals surface area contributed by atoms with Gasteiger partial charge in [0.1, 0.15) is 17.6 Å². The Bertz CT molecular complexity index is 1790. The summed E-state index contributed by atoms with van der Waals surface area (Å²) < 4.78 is 80.8. The number of sulfone groups is 1. The first kappa shape index (κ1) is 27.5. The lowest BCUT2D eigenvalue weighted by molar-refractivity contribution is -0.120. The summed E-state index contributed by atoms with van der Waals surface area (Å²) in [5.74, 6) is -4.54. The molecule has 0 bridgehead atoms. The second-order valence-corrected chi connectivity index (χ2v) is 13.0. The molecular weight excluding hydrogens is 564 g/mol. The molecule has 0 spiro atoms. The van der Waals surface area contributed by atoms with E-state index in [0.29, 0.717) is 12.0 Å². The predicted octanol–water partition coefficient (Wildman–Crippen LogP) is 4.20. The van der Waals surface area contributed by atoms with E-state index in [1.807, 2.05) is 0 Å². The van der Waals surface area contributed by atoms with E-state index >= 15 is 0 Å². The highest BCUT2D eigenvalue weighted by atomic mass is 32.2. The zero-order chi connectivity index (χ0) is 28.8. The SMILES string of the molecule is CCCS(=O)(=O)Nc1ccc2c(c1)S(=O)(=O)C=C(C1C(=O)c3cc(F)ccc3N(Cc3ccc(F)cc3)C1=O)N2. The molecule has 208 valence electrons. The van der Waals surface area contributed by atoms with E-state index < -0.39 is 49.1 Å². The van der Waals surface area contributed by atoms with E-state index in [4.69, 9.17) is 0 Å². The van der Waals surface area contributed by atoms with E-state index in [9.17, 15) is 35.2 Å². The van der Waals surface area contributed by atoms with Crippen molar-refractivity contribution in [2.75, 3.05) is 20.7 Å². The van der Waals surface area contributed by atoms with Gasteiger partial charge in [-0.05, 0) is 60.5 Å². The van der Waals surface area contributed by atoms with Gasteiger partial charge in [-0.25, -0.2) is 25.6 Å². The maximum absolute atomic E-state index is 14.2. The average molecular weight is 588 g/mol. The van der Waals surface area contributed by atoms with Crippen LogP contribution in [0.4, 0.5) is 25.8 Å². The number of carbonyl (C=O) groups is 2. The lowest BCUT2D eigenvalue weighted by Gasteiger charge is -2.35. The molecule has 0 aromatic heterocycles. The van der Waals surface area contributed by atoms with Crippen LogP contribution in [0.5, 0.6) is 0 Å². The van der Waals surface area contributed by atoms with Gasteiger partial charge in [0.05, 0.1) is 34.0 Å². The zero-order valence-electron chi connectivity index (χ0n) is 21.0. The molecule has 0 saturated heterocycles. The first-order valence-electron chi connectivity index (χ1n) is 12.2. The van der Waals surface area contributed by atoms with E-state index in [0.717, 1.165) is 23.6 Å². The highest BCUT2D eigenvalue weighted by Crippen LogP contribution is 2.40. The molecule has 5 rings (SSSR count). The Kier molecular flexibility index (Phi) is 6.96. The average Bonchev–Trinajstić information content (AvgIpc) is 2.88. The molecule has 0 saturated carbocycles.